The van der Waals surface area contributed by atoms with E-state index in [9.17, 15) is 5.11 Å². The van der Waals surface area contributed by atoms with Gasteiger partial charge in [-0.25, -0.2) is 5.01 Å². The molecular weight excluding hydrogens is 310 g/mol. The van der Waals surface area contributed by atoms with Gasteiger partial charge in [0.1, 0.15) is 5.75 Å². The van der Waals surface area contributed by atoms with Crippen molar-refractivity contribution in [2.24, 2.45) is 5.10 Å². The number of ether oxygens (including phenoxy) is 1. The number of rotatable bonds is 6. The van der Waals surface area contributed by atoms with Crippen molar-refractivity contribution in [2.75, 3.05) is 25.6 Å². The van der Waals surface area contributed by atoms with Crippen molar-refractivity contribution in [1.82, 2.24) is 5.01 Å². The largest absolute Gasteiger partial charge is 0.497 e. The molecule has 0 bridgehead atoms. The fourth-order valence-corrected chi connectivity index (χ4v) is 2.10. The third kappa shape index (κ3) is 5.36. The number of nitrogens with zero attached hydrogens (tertiary/aromatic N) is 2. The zero-order valence-electron chi connectivity index (χ0n) is 12.8. The Hall–Kier alpha value is -2.44. The van der Waals surface area contributed by atoms with Crippen LogP contribution < -0.4 is 10.1 Å². The fourth-order valence-electron chi connectivity index (χ4n) is 1.84. The summed E-state index contributed by atoms with van der Waals surface area (Å²) in [6.07, 6.45) is 1.69. The smallest absolute Gasteiger partial charge is 0.194 e. The molecule has 0 aliphatic rings. The maximum absolute atomic E-state index is 9.20. The lowest BCUT2D eigenvalue weighted by molar-refractivity contribution is 0.255. The average Bonchev–Trinajstić information content (AvgIpc) is 2.60. The maximum Gasteiger partial charge on any atom is 0.194 e. The minimum Gasteiger partial charge on any atom is -0.497 e. The maximum atomic E-state index is 9.20. The van der Waals surface area contributed by atoms with Gasteiger partial charge in [0.2, 0.25) is 0 Å². The van der Waals surface area contributed by atoms with E-state index in [1.807, 2.05) is 54.6 Å². The van der Waals surface area contributed by atoms with Crippen molar-refractivity contribution in [1.29, 1.82) is 0 Å². The van der Waals surface area contributed by atoms with Gasteiger partial charge in [-0.2, -0.15) is 5.10 Å². The highest BCUT2D eigenvalue weighted by Gasteiger charge is 2.07. The van der Waals surface area contributed by atoms with Crippen molar-refractivity contribution in [3.8, 4) is 5.75 Å². The summed E-state index contributed by atoms with van der Waals surface area (Å²) < 4.78 is 5.12. The normalized spacial score (nSPS) is 10.5. The number of para-hydroxylation sites is 1. The van der Waals surface area contributed by atoms with Crippen LogP contribution in [0.2, 0.25) is 0 Å². The van der Waals surface area contributed by atoms with Crippen LogP contribution in [0, 0.1) is 0 Å². The molecule has 0 unspecified atom stereocenters. The first kappa shape index (κ1) is 16.9. The van der Waals surface area contributed by atoms with Crippen molar-refractivity contribution in [2.45, 2.75) is 0 Å². The van der Waals surface area contributed by atoms with Gasteiger partial charge < -0.3 is 15.2 Å². The summed E-state index contributed by atoms with van der Waals surface area (Å²) in [5.41, 5.74) is 1.79. The molecule has 0 amide bonds. The Bertz CT molecular complexity index is 645. The molecule has 120 valence electrons. The zero-order chi connectivity index (χ0) is 16.5. The number of hydrazone groups is 1. The van der Waals surface area contributed by atoms with Gasteiger partial charge in [-0.15, -0.1) is 0 Å². The van der Waals surface area contributed by atoms with Crippen molar-refractivity contribution < 1.29 is 9.84 Å². The molecule has 0 heterocycles. The van der Waals surface area contributed by atoms with Crippen LogP contribution in [-0.2, 0) is 0 Å². The second-order valence-corrected chi connectivity index (χ2v) is 5.05. The van der Waals surface area contributed by atoms with E-state index < -0.39 is 0 Å². The summed E-state index contributed by atoms with van der Waals surface area (Å²) in [6, 6.07) is 17.1. The summed E-state index contributed by atoms with van der Waals surface area (Å²) in [6.45, 7) is 0.266. The third-order valence-electron chi connectivity index (χ3n) is 3.03. The molecule has 0 aliphatic heterocycles. The Morgan fingerprint density at radius 3 is 2.52 bits per heavy atom. The van der Waals surface area contributed by atoms with Crippen molar-refractivity contribution >= 4 is 29.2 Å². The Labute approximate surface area is 141 Å². The van der Waals surface area contributed by atoms with Crippen LogP contribution in [0.15, 0.2) is 59.7 Å². The van der Waals surface area contributed by atoms with E-state index in [0.717, 1.165) is 17.0 Å². The lowest BCUT2D eigenvalue weighted by Gasteiger charge is -2.19. The van der Waals surface area contributed by atoms with Gasteiger partial charge in [-0.05, 0) is 54.2 Å². The molecule has 23 heavy (non-hydrogen) atoms. The molecular formula is C17H19N3O2S. The van der Waals surface area contributed by atoms with Gasteiger partial charge in [-0.3, -0.25) is 0 Å². The van der Waals surface area contributed by atoms with Crippen LogP contribution in [0.3, 0.4) is 0 Å². The second kappa shape index (κ2) is 8.87. The topological polar surface area (TPSA) is 57.1 Å². The number of thiocarbonyl (C=S) groups is 1. The molecule has 0 fully saturated rings. The van der Waals surface area contributed by atoms with Gasteiger partial charge in [0, 0.05) is 5.69 Å². The Balaban J connectivity index is 2.04. The highest BCUT2D eigenvalue weighted by molar-refractivity contribution is 7.80. The first-order valence-corrected chi connectivity index (χ1v) is 7.56. The molecule has 2 N–H and O–H groups in total. The Kier molecular flexibility index (Phi) is 6.53. The number of hydrogen-bond acceptors (Lipinski definition) is 4. The predicted octanol–water partition coefficient (Wildman–Crippen LogP) is 2.72. The van der Waals surface area contributed by atoms with Crippen LogP contribution in [0.1, 0.15) is 5.56 Å². The van der Waals surface area contributed by atoms with Crippen LogP contribution >= 0.6 is 12.2 Å². The number of aliphatic hydroxyl groups is 1. The standard InChI is InChI=1S/C17H19N3O2S/c1-22-16-9-7-14(8-10-16)13-18-20(11-12-21)17(23)19-15-5-3-2-4-6-15/h2-10,13,21H,11-12H2,1H3,(H,19,23)/b18-13+. The van der Waals surface area contributed by atoms with E-state index in [1.54, 1.807) is 18.3 Å². The molecule has 6 heteroatoms. The van der Waals surface area contributed by atoms with Gasteiger partial charge in [0.05, 0.1) is 26.5 Å². The van der Waals surface area contributed by atoms with Crippen LogP contribution in [0.5, 0.6) is 5.75 Å². The quantitative estimate of drug-likeness (QED) is 0.485. The van der Waals surface area contributed by atoms with E-state index >= 15 is 0 Å². The van der Waals surface area contributed by atoms with Crippen LogP contribution in [-0.4, -0.2) is 41.7 Å². The zero-order valence-corrected chi connectivity index (χ0v) is 13.7. The molecule has 2 rings (SSSR count). The molecule has 2 aromatic rings. The molecule has 5 nitrogen and oxygen atoms in total. The Morgan fingerprint density at radius 2 is 1.91 bits per heavy atom. The highest BCUT2D eigenvalue weighted by Crippen LogP contribution is 2.10. The Morgan fingerprint density at radius 1 is 1.22 bits per heavy atom. The summed E-state index contributed by atoms with van der Waals surface area (Å²) >= 11 is 5.35. The summed E-state index contributed by atoms with van der Waals surface area (Å²) in [5.74, 6) is 0.788. The third-order valence-corrected chi connectivity index (χ3v) is 3.35. The van der Waals surface area contributed by atoms with Crippen molar-refractivity contribution in [3.63, 3.8) is 0 Å². The van der Waals surface area contributed by atoms with Gasteiger partial charge in [0.15, 0.2) is 5.11 Å². The molecule has 0 atom stereocenters. The van der Waals surface area contributed by atoms with Gasteiger partial charge in [-0.1, -0.05) is 18.2 Å². The van der Waals surface area contributed by atoms with E-state index in [0.29, 0.717) is 11.7 Å². The highest BCUT2D eigenvalue weighted by atomic mass is 32.1. The molecule has 0 aliphatic carbocycles. The van der Waals surface area contributed by atoms with Gasteiger partial charge in [0.25, 0.3) is 0 Å². The van der Waals surface area contributed by atoms with Crippen LogP contribution in [0.25, 0.3) is 0 Å². The second-order valence-electron chi connectivity index (χ2n) is 4.66. The summed E-state index contributed by atoms with van der Waals surface area (Å²) in [7, 11) is 1.62. The molecule has 2 aromatic carbocycles. The lowest BCUT2D eigenvalue weighted by atomic mass is 10.2. The minimum absolute atomic E-state index is 0.0451. The monoisotopic (exact) mass is 329 g/mol. The molecule has 0 saturated heterocycles. The first-order valence-electron chi connectivity index (χ1n) is 7.15. The number of nitrogens with one attached hydrogen (secondary N) is 1. The lowest BCUT2D eigenvalue weighted by Crippen LogP contribution is -2.32. The average molecular weight is 329 g/mol. The number of benzene rings is 2. The fraction of sp³-hybridized carbons (Fsp3) is 0.176. The summed E-state index contributed by atoms with van der Waals surface area (Å²) in [4.78, 5) is 0. The van der Waals surface area contributed by atoms with Crippen LogP contribution in [0.4, 0.5) is 5.69 Å². The number of anilines is 1. The number of hydrogen-bond donors (Lipinski definition) is 2. The van der Waals surface area contributed by atoms with E-state index in [1.165, 1.54) is 0 Å². The molecule has 0 aromatic heterocycles. The number of methoxy groups -OCH3 is 1. The molecule has 0 spiro atoms. The molecule has 0 saturated carbocycles. The minimum atomic E-state index is -0.0451. The summed E-state index contributed by atoms with van der Waals surface area (Å²) in [5, 5.41) is 18.6. The number of aliphatic hydroxyl groups excluding tert-OH is 1. The van der Waals surface area contributed by atoms with E-state index in [4.69, 9.17) is 17.0 Å². The predicted molar refractivity (Wildman–Crippen MR) is 97.0 cm³/mol. The van der Waals surface area contributed by atoms with Gasteiger partial charge >= 0.3 is 0 Å². The first-order chi connectivity index (χ1) is 11.2. The van der Waals surface area contributed by atoms with E-state index in [-0.39, 0.29) is 6.61 Å². The SMILES string of the molecule is COc1ccc(/C=N/N(CCO)C(=S)Nc2ccccc2)cc1. The van der Waals surface area contributed by atoms with E-state index in [2.05, 4.69) is 10.4 Å². The molecule has 0 radical (unpaired) electrons. The van der Waals surface area contributed by atoms with Crippen molar-refractivity contribution in [3.05, 3.63) is 60.2 Å².